The van der Waals surface area contributed by atoms with Crippen molar-refractivity contribution >= 4 is 55.1 Å². The van der Waals surface area contributed by atoms with E-state index in [1.54, 1.807) is 13.0 Å². The first-order valence-corrected chi connectivity index (χ1v) is 17.0. The van der Waals surface area contributed by atoms with Gasteiger partial charge >= 0.3 is 0 Å². The number of nitrogens with zero attached hydrogens (tertiary/aromatic N) is 2. The molecule has 0 heterocycles. The van der Waals surface area contributed by atoms with Gasteiger partial charge in [0.15, 0.2) is 11.5 Å². The van der Waals surface area contributed by atoms with Crippen LogP contribution in [0, 0.1) is 0 Å². The van der Waals surface area contributed by atoms with Gasteiger partial charge in [0, 0.05) is 28.1 Å². The van der Waals surface area contributed by atoms with Crippen LogP contribution >= 0.6 is 27.5 Å². The highest BCUT2D eigenvalue weighted by molar-refractivity contribution is 9.10. The lowest BCUT2D eigenvalue weighted by atomic mass is 10.1. The fourth-order valence-corrected chi connectivity index (χ4v) is 7.10. The van der Waals surface area contributed by atoms with E-state index in [2.05, 4.69) is 21.2 Å². The van der Waals surface area contributed by atoms with Gasteiger partial charge in [0.2, 0.25) is 11.8 Å². The maximum Gasteiger partial charge on any atom is 0.265 e. The molecule has 0 saturated heterocycles. The van der Waals surface area contributed by atoms with E-state index in [0.29, 0.717) is 5.75 Å². The molecule has 0 unspecified atom stereocenters. The lowest BCUT2D eigenvalue weighted by Crippen LogP contribution is -2.52. The normalized spacial score (nSPS) is 14.0. The summed E-state index contributed by atoms with van der Waals surface area (Å²) in [5, 5.41) is 3.30. The third-order valence-electron chi connectivity index (χ3n) is 7.77. The summed E-state index contributed by atoms with van der Waals surface area (Å²) in [6.07, 6.45) is 3.83. The van der Waals surface area contributed by atoms with Crippen molar-refractivity contribution in [3.8, 4) is 17.2 Å². The predicted molar refractivity (Wildman–Crippen MR) is 177 cm³/mol. The quantitative estimate of drug-likeness (QED) is 0.237. The molecule has 45 heavy (non-hydrogen) atoms. The minimum atomic E-state index is -4.43. The van der Waals surface area contributed by atoms with Crippen LogP contribution < -0.4 is 23.8 Å². The van der Waals surface area contributed by atoms with E-state index in [1.165, 1.54) is 56.6 Å². The molecule has 1 fully saturated rings. The fraction of sp³-hybridized carbons (Fsp3) is 0.375. The Morgan fingerprint density at radius 1 is 0.933 bits per heavy atom. The molecule has 3 aromatic rings. The number of carbonyl (C=O) groups excluding carboxylic acids is 2. The highest BCUT2D eigenvalue weighted by atomic mass is 79.9. The second-order valence-corrected chi connectivity index (χ2v) is 13.9. The zero-order chi connectivity index (χ0) is 32.7. The zero-order valence-corrected chi connectivity index (χ0v) is 28.7. The standard InChI is InChI=1S/C32H37BrClN3O7S/c1-21(32(39)35-25-7-5-6-8-25)36(19-22-9-11-23(33)12-10-22)31(38)20-37(27-17-24(34)13-15-28(27)42-2)45(40,41)26-14-16-29(43-3)30(18-26)44-4/h9-18,21,25H,5-8,19-20H2,1-4H3,(H,35,39)/t21-/m0/s1. The van der Waals surface area contributed by atoms with Gasteiger partial charge in [0.25, 0.3) is 10.0 Å². The molecular weight excluding hydrogens is 686 g/mol. The number of amides is 2. The van der Waals surface area contributed by atoms with E-state index >= 15 is 0 Å². The van der Waals surface area contributed by atoms with Crippen LogP contribution in [0.2, 0.25) is 5.02 Å². The van der Waals surface area contributed by atoms with E-state index in [1.807, 2.05) is 24.3 Å². The van der Waals surface area contributed by atoms with Crippen LogP contribution in [-0.2, 0) is 26.2 Å². The second-order valence-electron chi connectivity index (χ2n) is 10.7. The van der Waals surface area contributed by atoms with Crippen LogP contribution in [0.4, 0.5) is 5.69 Å². The van der Waals surface area contributed by atoms with Crippen LogP contribution in [0.1, 0.15) is 38.2 Å². The summed E-state index contributed by atoms with van der Waals surface area (Å²) in [4.78, 5) is 29.0. The van der Waals surface area contributed by atoms with Gasteiger partial charge in [-0.25, -0.2) is 8.42 Å². The summed E-state index contributed by atoms with van der Waals surface area (Å²) in [5.41, 5.74) is 0.821. The predicted octanol–water partition coefficient (Wildman–Crippen LogP) is 5.80. The van der Waals surface area contributed by atoms with Crippen LogP contribution in [0.25, 0.3) is 0 Å². The molecule has 1 saturated carbocycles. The minimum absolute atomic E-state index is 0.0437. The number of rotatable bonds is 13. The third kappa shape index (κ3) is 8.22. The van der Waals surface area contributed by atoms with Gasteiger partial charge in [0.1, 0.15) is 18.3 Å². The van der Waals surface area contributed by atoms with Crippen molar-refractivity contribution in [3.05, 3.63) is 75.7 Å². The van der Waals surface area contributed by atoms with Gasteiger partial charge < -0.3 is 24.4 Å². The molecule has 0 spiro atoms. The average molecular weight is 723 g/mol. The maximum absolute atomic E-state index is 14.3. The topological polar surface area (TPSA) is 114 Å². The lowest BCUT2D eigenvalue weighted by molar-refractivity contribution is -0.139. The van der Waals surface area contributed by atoms with Gasteiger partial charge in [-0.3, -0.25) is 13.9 Å². The minimum Gasteiger partial charge on any atom is -0.495 e. The Bertz CT molecular complexity index is 1620. The fourth-order valence-electron chi connectivity index (χ4n) is 5.24. The van der Waals surface area contributed by atoms with E-state index in [9.17, 15) is 18.0 Å². The Balaban J connectivity index is 1.77. The van der Waals surface area contributed by atoms with Crippen molar-refractivity contribution in [2.45, 2.75) is 56.1 Å². The van der Waals surface area contributed by atoms with E-state index < -0.39 is 28.5 Å². The molecule has 10 nitrogen and oxygen atoms in total. The van der Waals surface area contributed by atoms with Crippen LogP contribution in [-0.4, -0.2) is 65.1 Å². The van der Waals surface area contributed by atoms with Crippen molar-refractivity contribution < 1.29 is 32.2 Å². The molecule has 4 rings (SSSR count). The summed E-state index contributed by atoms with van der Waals surface area (Å²) in [6.45, 7) is 1.07. The number of hydrogen-bond acceptors (Lipinski definition) is 7. The highest BCUT2D eigenvalue weighted by Gasteiger charge is 2.35. The Hall–Kier alpha value is -3.48. The average Bonchev–Trinajstić information content (AvgIpc) is 3.55. The van der Waals surface area contributed by atoms with E-state index in [0.717, 1.165) is 40.0 Å². The highest BCUT2D eigenvalue weighted by Crippen LogP contribution is 2.37. The van der Waals surface area contributed by atoms with Crippen molar-refractivity contribution in [2.24, 2.45) is 0 Å². The molecule has 1 aliphatic carbocycles. The van der Waals surface area contributed by atoms with Gasteiger partial charge in [-0.2, -0.15) is 0 Å². The number of carbonyl (C=O) groups is 2. The number of ether oxygens (including phenoxy) is 3. The molecule has 0 radical (unpaired) electrons. The SMILES string of the molecule is COc1ccc(S(=O)(=O)N(CC(=O)N(Cc2ccc(Br)cc2)[C@@H](C)C(=O)NC2CCCC2)c2cc(Cl)ccc2OC)cc1OC. The maximum atomic E-state index is 14.3. The monoisotopic (exact) mass is 721 g/mol. The lowest BCUT2D eigenvalue weighted by Gasteiger charge is -2.33. The number of halogens is 2. The van der Waals surface area contributed by atoms with Crippen molar-refractivity contribution in [1.82, 2.24) is 10.2 Å². The molecular formula is C32H37BrClN3O7S. The number of anilines is 1. The molecule has 13 heteroatoms. The summed E-state index contributed by atoms with van der Waals surface area (Å²) >= 11 is 9.75. The molecule has 1 N–H and O–H groups in total. The van der Waals surface area contributed by atoms with Gasteiger partial charge in [-0.15, -0.1) is 0 Å². The van der Waals surface area contributed by atoms with Crippen molar-refractivity contribution in [3.63, 3.8) is 0 Å². The van der Waals surface area contributed by atoms with Crippen LogP contribution in [0.5, 0.6) is 17.2 Å². The smallest absolute Gasteiger partial charge is 0.265 e. The third-order valence-corrected chi connectivity index (χ3v) is 10.3. The first kappa shape index (κ1) is 34.4. The molecule has 0 bridgehead atoms. The van der Waals surface area contributed by atoms with Crippen molar-refractivity contribution in [1.29, 1.82) is 0 Å². The molecule has 2 amide bonds. The Kier molecular flexibility index (Phi) is 11.6. The van der Waals surface area contributed by atoms with E-state index in [-0.39, 0.29) is 45.6 Å². The van der Waals surface area contributed by atoms with Crippen LogP contribution in [0.3, 0.4) is 0 Å². The summed E-state index contributed by atoms with van der Waals surface area (Å²) in [5.74, 6) is -0.193. The zero-order valence-electron chi connectivity index (χ0n) is 25.6. The van der Waals surface area contributed by atoms with Crippen LogP contribution in [0.15, 0.2) is 70.0 Å². The number of hydrogen-bond donors (Lipinski definition) is 1. The second kappa shape index (κ2) is 15.2. The Morgan fingerprint density at radius 3 is 2.18 bits per heavy atom. The molecule has 0 aromatic heterocycles. The van der Waals surface area contributed by atoms with Crippen molar-refractivity contribution in [2.75, 3.05) is 32.2 Å². The van der Waals surface area contributed by atoms with E-state index in [4.69, 9.17) is 25.8 Å². The summed E-state index contributed by atoms with van der Waals surface area (Å²) in [7, 11) is -0.195. The molecule has 242 valence electrons. The molecule has 1 atom stereocenters. The number of methoxy groups -OCH3 is 3. The first-order valence-electron chi connectivity index (χ1n) is 14.4. The Labute approximate surface area is 277 Å². The Morgan fingerprint density at radius 2 is 1.56 bits per heavy atom. The summed E-state index contributed by atoms with van der Waals surface area (Å²) in [6, 6.07) is 15.2. The molecule has 1 aliphatic rings. The number of nitrogens with one attached hydrogen (secondary N) is 1. The first-order chi connectivity index (χ1) is 21.5. The summed E-state index contributed by atoms with van der Waals surface area (Å²) < 4.78 is 46.6. The van der Waals surface area contributed by atoms with Gasteiger partial charge in [-0.05, 0) is 67.8 Å². The largest absolute Gasteiger partial charge is 0.495 e. The van der Waals surface area contributed by atoms with Gasteiger partial charge in [-0.1, -0.05) is 52.5 Å². The molecule has 0 aliphatic heterocycles. The van der Waals surface area contributed by atoms with Gasteiger partial charge in [0.05, 0.1) is 31.9 Å². The number of benzene rings is 3. The molecule has 3 aromatic carbocycles. The number of sulfonamides is 1.